The van der Waals surface area contributed by atoms with E-state index in [0.29, 0.717) is 0 Å². The van der Waals surface area contributed by atoms with E-state index < -0.39 is 0 Å². The molecular weight excluding hydrogens is 576 g/mol. The van der Waals surface area contributed by atoms with Crippen LogP contribution in [0.5, 0.6) is 0 Å². The summed E-state index contributed by atoms with van der Waals surface area (Å²) in [5, 5.41) is 5.55. The summed E-state index contributed by atoms with van der Waals surface area (Å²) in [5.74, 6) is 0. The average molecular weight is 603 g/mol. The topological polar surface area (TPSA) is 6.48 Å². The highest BCUT2D eigenvalue weighted by Crippen LogP contribution is 2.50. The van der Waals surface area contributed by atoms with E-state index in [0.717, 1.165) is 43.8 Å². The summed E-state index contributed by atoms with van der Waals surface area (Å²) in [7, 11) is 0. The lowest BCUT2D eigenvalue weighted by Gasteiger charge is -2.28. The average Bonchev–Trinajstić information content (AvgIpc) is 3.45. The van der Waals surface area contributed by atoms with Gasteiger partial charge in [0.1, 0.15) is 0 Å². The van der Waals surface area contributed by atoms with Gasteiger partial charge in [-0.05, 0) is 66.7 Å². The van der Waals surface area contributed by atoms with Gasteiger partial charge in [0.05, 0.1) is 11.4 Å². The Bertz CT molecular complexity index is 2150. The fourth-order valence-electron chi connectivity index (χ4n) is 6.18. The van der Waals surface area contributed by atoms with E-state index in [1.807, 2.05) is 11.3 Å². The second kappa shape index (κ2) is 11.2. The van der Waals surface area contributed by atoms with Crippen LogP contribution >= 0.6 is 22.9 Å². The van der Waals surface area contributed by atoms with Gasteiger partial charge >= 0.3 is 0 Å². The number of thiophene rings is 1. The van der Waals surface area contributed by atoms with Gasteiger partial charge in [-0.2, -0.15) is 0 Å². The number of fused-ring (bicyclic) bond motifs is 5. The molecule has 0 spiro atoms. The zero-order valence-corrected chi connectivity index (χ0v) is 25.3. The number of nitrogens with zero attached hydrogens (tertiary/aromatic N) is 2. The molecule has 0 amide bonds. The molecule has 0 bridgehead atoms. The first-order valence-electron chi connectivity index (χ1n) is 14.6. The third-order valence-corrected chi connectivity index (χ3v) is 9.44. The molecule has 8 rings (SSSR count). The standard InChI is InChI=1S/C40H27ClN2S/c41-28-25-37(43(31-19-9-3-10-20-31)32-21-11-4-12-22-32)39-35-27-36(33-23-13-14-24-34(33)40(35)44-38(39)26-28)42(29-15-5-1-6-16-29)30-17-7-2-8-18-30/h1-27H. The molecule has 0 saturated heterocycles. The highest BCUT2D eigenvalue weighted by atomic mass is 35.5. The molecule has 1 aromatic heterocycles. The van der Waals surface area contributed by atoms with Crippen LogP contribution in [0.3, 0.4) is 0 Å². The molecule has 0 aliphatic rings. The monoisotopic (exact) mass is 602 g/mol. The summed E-state index contributed by atoms with van der Waals surface area (Å²) in [6, 6.07) is 57.7. The van der Waals surface area contributed by atoms with E-state index >= 15 is 0 Å². The number of benzene rings is 7. The number of para-hydroxylation sites is 4. The lowest BCUT2D eigenvalue weighted by atomic mass is 10.0. The molecule has 0 unspecified atom stereocenters. The number of anilines is 6. The van der Waals surface area contributed by atoms with Crippen LogP contribution in [0.15, 0.2) is 164 Å². The molecule has 210 valence electrons. The minimum atomic E-state index is 0.718. The van der Waals surface area contributed by atoms with Crippen molar-refractivity contribution in [2.75, 3.05) is 9.80 Å². The molecule has 0 N–H and O–H groups in total. The molecular formula is C40H27ClN2S. The first-order valence-corrected chi connectivity index (χ1v) is 15.8. The van der Waals surface area contributed by atoms with Gasteiger partial charge in [-0.3, -0.25) is 0 Å². The van der Waals surface area contributed by atoms with Crippen LogP contribution in [0.25, 0.3) is 30.9 Å². The summed E-state index contributed by atoms with van der Waals surface area (Å²) in [6.45, 7) is 0. The molecule has 1 heterocycles. The minimum absolute atomic E-state index is 0.718. The van der Waals surface area contributed by atoms with Crippen LogP contribution in [0.1, 0.15) is 0 Å². The van der Waals surface area contributed by atoms with Crippen molar-refractivity contribution in [1.29, 1.82) is 0 Å². The van der Waals surface area contributed by atoms with Gasteiger partial charge in [0.25, 0.3) is 0 Å². The Kier molecular flexibility index (Phi) is 6.75. The molecule has 44 heavy (non-hydrogen) atoms. The quantitative estimate of drug-likeness (QED) is 0.187. The molecule has 0 saturated carbocycles. The molecule has 8 aromatic rings. The third-order valence-electron chi connectivity index (χ3n) is 8.04. The van der Waals surface area contributed by atoms with Crippen molar-refractivity contribution in [2.45, 2.75) is 0 Å². The highest BCUT2D eigenvalue weighted by molar-refractivity contribution is 7.26. The number of halogens is 1. The van der Waals surface area contributed by atoms with Crippen molar-refractivity contribution in [3.05, 3.63) is 169 Å². The summed E-state index contributed by atoms with van der Waals surface area (Å²) in [6.07, 6.45) is 0. The van der Waals surface area contributed by atoms with Gasteiger partial charge in [0.2, 0.25) is 0 Å². The van der Waals surface area contributed by atoms with Crippen LogP contribution in [0, 0.1) is 0 Å². The van der Waals surface area contributed by atoms with E-state index in [9.17, 15) is 0 Å². The largest absolute Gasteiger partial charge is 0.310 e. The fraction of sp³-hybridized carbons (Fsp3) is 0. The Balaban J connectivity index is 1.49. The lowest BCUT2D eigenvalue weighted by molar-refractivity contribution is 1.30. The number of hydrogen-bond donors (Lipinski definition) is 0. The van der Waals surface area contributed by atoms with Crippen molar-refractivity contribution in [2.24, 2.45) is 0 Å². The third kappa shape index (κ3) is 4.58. The zero-order chi connectivity index (χ0) is 29.5. The Morgan fingerprint density at radius 2 is 0.841 bits per heavy atom. The van der Waals surface area contributed by atoms with E-state index in [2.05, 4.69) is 174 Å². The predicted molar refractivity (Wildman–Crippen MR) is 191 cm³/mol. The maximum atomic E-state index is 6.90. The summed E-state index contributed by atoms with van der Waals surface area (Å²) >= 11 is 8.71. The van der Waals surface area contributed by atoms with E-state index in [1.54, 1.807) is 0 Å². The van der Waals surface area contributed by atoms with Crippen LogP contribution in [0.4, 0.5) is 34.1 Å². The molecule has 7 aromatic carbocycles. The smallest absolute Gasteiger partial charge is 0.0569 e. The molecule has 2 nitrogen and oxygen atoms in total. The fourth-order valence-corrected chi connectivity index (χ4v) is 7.74. The SMILES string of the molecule is Clc1cc(N(c2ccccc2)c2ccccc2)c2c(c1)sc1c3ccccc3c(N(c3ccccc3)c3ccccc3)cc12. The van der Waals surface area contributed by atoms with Gasteiger partial charge in [0.15, 0.2) is 0 Å². The maximum absolute atomic E-state index is 6.90. The maximum Gasteiger partial charge on any atom is 0.0569 e. The molecule has 0 aliphatic carbocycles. The second-order valence-corrected chi connectivity index (χ2v) is 12.2. The van der Waals surface area contributed by atoms with Gasteiger partial charge in [-0.1, -0.05) is 109 Å². The van der Waals surface area contributed by atoms with Gasteiger partial charge in [-0.25, -0.2) is 0 Å². The molecule has 0 fully saturated rings. The summed E-state index contributed by atoms with van der Waals surface area (Å²) < 4.78 is 2.41. The summed E-state index contributed by atoms with van der Waals surface area (Å²) in [4.78, 5) is 4.69. The Labute approximate surface area is 265 Å². The molecule has 0 aliphatic heterocycles. The Morgan fingerprint density at radius 1 is 0.409 bits per heavy atom. The number of hydrogen-bond acceptors (Lipinski definition) is 3. The van der Waals surface area contributed by atoms with E-state index in [4.69, 9.17) is 11.6 Å². The van der Waals surface area contributed by atoms with Crippen molar-refractivity contribution in [1.82, 2.24) is 0 Å². The minimum Gasteiger partial charge on any atom is -0.310 e. The van der Waals surface area contributed by atoms with Crippen LogP contribution in [0.2, 0.25) is 5.02 Å². The van der Waals surface area contributed by atoms with Crippen LogP contribution in [-0.4, -0.2) is 0 Å². The normalized spacial score (nSPS) is 11.3. The van der Waals surface area contributed by atoms with Crippen molar-refractivity contribution >= 4 is 88.0 Å². The van der Waals surface area contributed by atoms with Gasteiger partial charge in [-0.15, -0.1) is 11.3 Å². The van der Waals surface area contributed by atoms with Crippen molar-refractivity contribution in [3.63, 3.8) is 0 Å². The van der Waals surface area contributed by atoms with E-state index in [-0.39, 0.29) is 0 Å². The first kappa shape index (κ1) is 26.5. The highest BCUT2D eigenvalue weighted by Gasteiger charge is 2.23. The van der Waals surface area contributed by atoms with Gasteiger partial charge < -0.3 is 9.80 Å². The Morgan fingerprint density at radius 3 is 1.34 bits per heavy atom. The van der Waals surface area contributed by atoms with E-state index in [1.165, 1.54) is 26.2 Å². The number of rotatable bonds is 6. The second-order valence-electron chi connectivity index (χ2n) is 10.7. The van der Waals surface area contributed by atoms with Crippen molar-refractivity contribution in [3.8, 4) is 0 Å². The lowest BCUT2D eigenvalue weighted by Crippen LogP contribution is -2.11. The van der Waals surface area contributed by atoms with Gasteiger partial charge in [0, 0.05) is 58.7 Å². The van der Waals surface area contributed by atoms with Crippen molar-refractivity contribution < 1.29 is 0 Å². The first-order chi connectivity index (χ1) is 21.8. The summed E-state index contributed by atoms with van der Waals surface area (Å²) in [5.41, 5.74) is 6.58. The molecule has 4 heteroatoms. The predicted octanol–water partition coefficient (Wildman–Crippen LogP) is 12.8. The zero-order valence-electron chi connectivity index (χ0n) is 23.8. The molecule has 0 atom stereocenters. The molecule has 0 radical (unpaired) electrons. The van der Waals surface area contributed by atoms with Crippen LogP contribution < -0.4 is 9.80 Å². The Hall–Kier alpha value is -5.09. The van der Waals surface area contributed by atoms with Crippen LogP contribution in [-0.2, 0) is 0 Å².